The first-order valence-electron chi connectivity index (χ1n) is 8.27. The monoisotopic (exact) mass is 378 g/mol. The van der Waals surface area contributed by atoms with Crippen molar-refractivity contribution in [2.75, 3.05) is 25.1 Å². The fraction of sp³-hybridized carbons (Fsp3) is 0.263. The van der Waals surface area contributed by atoms with Crippen molar-refractivity contribution in [3.8, 4) is 0 Å². The van der Waals surface area contributed by atoms with E-state index in [0.29, 0.717) is 5.69 Å². The van der Waals surface area contributed by atoms with Crippen LogP contribution in [-0.2, 0) is 9.53 Å². The number of para-hydroxylation sites is 1. The van der Waals surface area contributed by atoms with Crippen LogP contribution in [0.2, 0.25) is 0 Å². The molecule has 0 radical (unpaired) electrons. The second kappa shape index (κ2) is 9.63. The molecule has 144 valence electrons. The third-order valence-electron chi connectivity index (χ3n) is 3.72. The predicted octanol–water partition coefficient (Wildman–Crippen LogP) is 2.40. The number of esters is 1. The summed E-state index contributed by atoms with van der Waals surface area (Å²) in [4.78, 5) is 24.1. The summed E-state index contributed by atoms with van der Waals surface area (Å²) in [6.45, 7) is 1.12. The van der Waals surface area contributed by atoms with Crippen molar-refractivity contribution in [1.29, 1.82) is 0 Å². The highest BCUT2D eigenvalue weighted by Gasteiger charge is 2.17. The third-order valence-corrected chi connectivity index (χ3v) is 3.72. The number of aliphatic hydroxyl groups excluding tert-OH is 1. The number of ether oxygens (including phenoxy) is 1. The molecule has 0 unspecified atom stereocenters. The first kappa shape index (κ1) is 20.3. The number of hydrogen-bond acceptors (Lipinski definition) is 5. The zero-order chi connectivity index (χ0) is 19.8. The summed E-state index contributed by atoms with van der Waals surface area (Å²) in [6.07, 6.45) is 0. The molecule has 0 aliphatic carbocycles. The summed E-state index contributed by atoms with van der Waals surface area (Å²) in [6, 6.07) is 8.86. The van der Waals surface area contributed by atoms with Crippen molar-refractivity contribution in [1.82, 2.24) is 5.32 Å². The van der Waals surface area contributed by atoms with Crippen LogP contribution in [0, 0.1) is 11.6 Å². The molecular weight excluding hydrogens is 358 g/mol. The Hall–Kier alpha value is -3.00. The van der Waals surface area contributed by atoms with Gasteiger partial charge < -0.3 is 20.5 Å². The molecule has 0 aromatic heterocycles. The first-order valence-corrected chi connectivity index (χ1v) is 8.27. The van der Waals surface area contributed by atoms with Crippen LogP contribution < -0.4 is 10.6 Å². The maximum Gasteiger partial charge on any atom is 0.340 e. The van der Waals surface area contributed by atoms with Crippen molar-refractivity contribution in [3.05, 3.63) is 65.2 Å². The van der Waals surface area contributed by atoms with Gasteiger partial charge in [-0.1, -0.05) is 18.2 Å². The second-order valence-electron chi connectivity index (χ2n) is 5.73. The number of amides is 1. The fourth-order valence-electron chi connectivity index (χ4n) is 2.43. The molecule has 0 aliphatic heterocycles. The molecule has 0 spiro atoms. The lowest BCUT2D eigenvalue weighted by molar-refractivity contribution is -0.124. The Morgan fingerprint density at radius 3 is 2.63 bits per heavy atom. The van der Waals surface area contributed by atoms with E-state index >= 15 is 0 Å². The summed E-state index contributed by atoms with van der Waals surface area (Å²) >= 11 is 0. The van der Waals surface area contributed by atoms with Gasteiger partial charge in [-0.25, -0.2) is 13.6 Å². The molecule has 3 N–H and O–H groups in total. The predicted molar refractivity (Wildman–Crippen MR) is 95.2 cm³/mol. The summed E-state index contributed by atoms with van der Waals surface area (Å²) in [5.74, 6) is -2.83. The maximum atomic E-state index is 13.7. The van der Waals surface area contributed by atoms with Crippen LogP contribution in [0.5, 0.6) is 0 Å². The van der Waals surface area contributed by atoms with Crippen LogP contribution in [0.1, 0.15) is 28.9 Å². The van der Waals surface area contributed by atoms with E-state index < -0.39 is 36.2 Å². The first-order chi connectivity index (χ1) is 12.9. The Balaban J connectivity index is 1.92. The molecule has 1 atom stereocenters. The molecule has 0 aliphatic rings. The van der Waals surface area contributed by atoms with Crippen molar-refractivity contribution in [3.63, 3.8) is 0 Å². The SMILES string of the molecule is C[C@@H](NC(=O)COC(=O)c1ccccc1NCCO)c1ccc(F)cc1F. The normalized spacial score (nSPS) is 11.6. The fourth-order valence-corrected chi connectivity index (χ4v) is 2.43. The number of aliphatic hydroxyl groups is 1. The van der Waals surface area contributed by atoms with Gasteiger partial charge in [-0.05, 0) is 25.1 Å². The Morgan fingerprint density at radius 1 is 1.19 bits per heavy atom. The van der Waals surface area contributed by atoms with Gasteiger partial charge in [0.05, 0.1) is 18.2 Å². The molecule has 27 heavy (non-hydrogen) atoms. The number of halogens is 2. The number of nitrogens with one attached hydrogen (secondary N) is 2. The average Bonchev–Trinajstić information content (AvgIpc) is 2.64. The standard InChI is InChI=1S/C19H20F2N2O4/c1-12(14-7-6-13(20)10-16(14)21)23-18(25)11-27-19(26)15-4-2-3-5-17(15)22-8-9-24/h2-7,10,12,22,24H,8-9,11H2,1H3,(H,23,25)/t12-/m1/s1. The molecule has 1 amide bonds. The molecule has 2 rings (SSSR count). The van der Waals surface area contributed by atoms with Crippen molar-refractivity contribution in [2.24, 2.45) is 0 Å². The number of anilines is 1. The lowest BCUT2D eigenvalue weighted by Crippen LogP contribution is -2.31. The van der Waals surface area contributed by atoms with Crippen LogP contribution in [0.4, 0.5) is 14.5 Å². The molecule has 0 heterocycles. The van der Waals surface area contributed by atoms with Gasteiger partial charge in [-0.3, -0.25) is 4.79 Å². The zero-order valence-corrected chi connectivity index (χ0v) is 14.7. The molecule has 2 aromatic carbocycles. The minimum Gasteiger partial charge on any atom is -0.452 e. The van der Waals surface area contributed by atoms with E-state index in [4.69, 9.17) is 9.84 Å². The van der Waals surface area contributed by atoms with Crippen LogP contribution in [0.15, 0.2) is 42.5 Å². The van der Waals surface area contributed by atoms with E-state index in [2.05, 4.69) is 10.6 Å². The van der Waals surface area contributed by atoms with E-state index in [-0.39, 0.29) is 24.3 Å². The lowest BCUT2D eigenvalue weighted by atomic mass is 10.1. The highest BCUT2D eigenvalue weighted by atomic mass is 19.1. The molecule has 2 aromatic rings. The summed E-state index contributed by atoms with van der Waals surface area (Å²) in [5, 5.41) is 14.2. The second-order valence-corrected chi connectivity index (χ2v) is 5.73. The number of carbonyl (C=O) groups is 2. The molecule has 0 saturated carbocycles. The minimum absolute atomic E-state index is 0.108. The molecule has 0 bridgehead atoms. The van der Waals surface area contributed by atoms with Crippen LogP contribution in [0.3, 0.4) is 0 Å². The van der Waals surface area contributed by atoms with E-state index in [0.717, 1.165) is 12.1 Å². The van der Waals surface area contributed by atoms with Gasteiger partial charge in [0.1, 0.15) is 11.6 Å². The minimum atomic E-state index is -0.774. The number of rotatable bonds is 8. The molecule has 8 heteroatoms. The van der Waals surface area contributed by atoms with Gasteiger partial charge in [-0.2, -0.15) is 0 Å². The number of benzene rings is 2. The topological polar surface area (TPSA) is 87.7 Å². The highest BCUT2D eigenvalue weighted by Crippen LogP contribution is 2.18. The van der Waals surface area contributed by atoms with Gasteiger partial charge >= 0.3 is 5.97 Å². The van der Waals surface area contributed by atoms with Crippen molar-refractivity contribution in [2.45, 2.75) is 13.0 Å². The van der Waals surface area contributed by atoms with E-state index in [9.17, 15) is 18.4 Å². The van der Waals surface area contributed by atoms with Gasteiger partial charge in [0.15, 0.2) is 6.61 Å². The quantitative estimate of drug-likeness (QED) is 0.614. The Morgan fingerprint density at radius 2 is 1.93 bits per heavy atom. The maximum absolute atomic E-state index is 13.7. The average molecular weight is 378 g/mol. The zero-order valence-electron chi connectivity index (χ0n) is 14.7. The number of hydrogen-bond donors (Lipinski definition) is 3. The summed E-state index contributed by atoms with van der Waals surface area (Å²) in [5.41, 5.74) is 0.810. The van der Waals surface area contributed by atoms with Gasteiger partial charge in [-0.15, -0.1) is 0 Å². The summed E-state index contributed by atoms with van der Waals surface area (Å²) < 4.78 is 31.7. The molecule has 0 fully saturated rings. The third kappa shape index (κ3) is 5.75. The Kier molecular flexibility index (Phi) is 7.25. The smallest absolute Gasteiger partial charge is 0.340 e. The van der Waals surface area contributed by atoms with Crippen molar-refractivity contribution >= 4 is 17.6 Å². The van der Waals surface area contributed by atoms with Gasteiger partial charge in [0.2, 0.25) is 0 Å². The van der Waals surface area contributed by atoms with Crippen LogP contribution in [0.25, 0.3) is 0 Å². The largest absolute Gasteiger partial charge is 0.452 e. The van der Waals surface area contributed by atoms with Gasteiger partial charge in [0.25, 0.3) is 5.91 Å². The van der Waals surface area contributed by atoms with Crippen LogP contribution >= 0.6 is 0 Å². The Bertz CT molecular complexity index is 814. The number of carbonyl (C=O) groups excluding carboxylic acids is 2. The van der Waals surface area contributed by atoms with Crippen LogP contribution in [-0.4, -0.2) is 36.7 Å². The van der Waals surface area contributed by atoms with Gasteiger partial charge in [0, 0.05) is 23.9 Å². The Labute approximate surface area is 155 Å². The molecule has 6 nitrogen and oxygen atoms in total. The van der Waals surface area contributed by atoms with E-state index in [1.807, 2.05) is 0 Å². The van der Waals surface area contributed by atoms with E-state index in [1.54, 1.807) is 18.2 Å². The lowest BCUT2D eigenvalue weighted by Gasteiger charge is -2.15. The molecular formula is C19H20F2N2O4. The molecule has 0 saturated heterocycles. The van der Waals surface area contributed by atoms with Crippen molar-refractivity contribution < 1.29 is 28.2 Å². The summed E-state index contributed by atoms with van der Waals surface area (Å²) in [7, 11) is 0. The highest BCUT2D eigenvalue weighted by molar-refractivity contribution is 5.96. The van der Waals surface area contributed by atoms with E-state index in [1.165, 1.54) is 19.1 Å².